The van der Waals surface area contributed by atoms with Crippen molar-refractivity contribution in [3.63, 3.8) is 0 Å². The fourth-order valence-electron chi connectivity index (χ4n) is 2.81. The van der Waals surface area contributed by atoms with Crippen LogP contribution in [-0.2, 0) is 6.42 Å². The first kappa shape index (κ1) is 11.7. The Hall–Kier alpha value is -0.820. The Morgan fingerprint density at radius 3 is 2.44 bits per heavy atom. The summed E-state index contributed by atoms with van der Waals surface area (Å²) >= 11 is 0. The van der Waals surface area contributed by atoms with Crippen molar-refractivity contribution in [1.29, 1.82) is 0 Å². The first-order valence-electron chi connectivity index (χ1n) is 6.51. The fourth-order valence-corrected chi connectivity index (χ4v) is 2.81. The van der Waals surface area contributed by atoms with Crippen molar-refractivity contribution in [3.05, 3.63) is 35.4 Å². The molecule has 0 saturated heterocycles. The van der Waals surface area contributed by atoms with Gasteiger partial charge in [-0.15, -0.1) is 0 Å². The second kappa shape index (κ2) is 5.49. The van der Waals surface area contributed by atoms with Gasteiger partial charge in [-0.05, 0) is 63.1 Å². The molecule has 0 bridgehead atoms. The van der Waals surface area contributed by atoms with Gasteiger partial charge in [0.05, 0.1) is 0 Å². The van der Waals surface area contributed by atoms with Gasteiger partial charge in [0.15, 0.2) is 0 Å². The molecule has 2 rings (SSSR count). The van der Waals surface area contributed by atoms with Crippen molar-refractivity contribution in [2.75, 3.05) is 7.05 Å². The summed E-state index contributed by atoms with van der Waals surface area (Å²) in [5, 5.41) is 3.40. The topological polar surface area (TPSA) is 12.0 Å². The van der Waals surface area contributed by atoms with E-state index in [-0.39, 0.29) is 0 Å². The van der Waals surface area contributed by atoms with Crippen molar-refractivity contribution in [3.8, 4) is 0 Å². The molecule has 1 heteroatoms. The number of benzene rings is 1. The Morgan fingerprint density at radius 1 is 1.12 bits per heavy atom. The molecule has 0 atom stereocenters. The smallest absolute Gasteiger partial charge is 0.00642 e. The lowest BCUT2D eigenvalue weighted by molar-refractivity contribution is 0.300. The zero-order valence-electron chi connectivity index (χ0n) is 10.5. The molecular formula is C15H23N. The molecular weight excluding hydrogens is 194 g/mol. The maximum Gasteiger partial charge on any atom is 0.00642 e. The van der Waals surface area contributed by atoms with Crippen molar-refractivity contribution in [2.45, 2.75) is 45.1 Å². The number of rotatable bonds is 3. The van der Waals surface area contributed by atoms with Gasteiger partial charge in [-0.2, -0.15) is 0 Å². The minimum atomic E-state index is 0.771. The van der Waals surface area contributed by atoms with E-state index in [0.29, 0.717) is 0 Å². The third kappa shape index (κ3) is 2.85. The summed E-state index contributed by atoms with van der Waals surface area (Å²) in [5.41, 5.74) is 3.01. The monoisotopic (exact) mass is 217 g/mol. The molecule has 1 nitrogen and oxygen atoms in total. The molecule has 0 radical (unpaired) electrons. The summed E-state index contributed by atoms with van der Waals surface area (Å²) in [6, 6.07) is 9.60. The highest BCUT2D eigenvalue weighted by molar-refractivity contribution is 5.25. The first-order chi connectivity index (χ1) is 7.79. The summed E-state index contributed by atoms with van der Waals surface area (Å²) in [7, 11) is 2.09. The van der Waals surface area contributed by atoms with Gasteiger partial charge in [-0.3, -0.25) is 0 Å². The summed E-state index contributed by atoms with van der Waals surface area (Å²) in [6.07, 6.45) is 6.77. The Morgan fingerprint density at radius 2 is 1.81 bits per heavy atom. The predicted octanol–water partition coefficient (Wildman–Crippen LogP) is 3.32. The van der Waals surface area contributed by atoms with E-state index in [1.54, 1.807) is 5.56 Å². The molecule has 1 aliphatic rings. The second-order valence-electron chi connectivity index (χ2n) is 5.14. The summed E-state index contributed by atoms with van der Waals surface area (Å²) in [5.74, 6) is 0.908. The lowest BCUT2D eigenvalue weighted by Crippen LogP contribution is -2.30. The highest BCUT2D eigenvalue weighted by Crippen LogP contribution is 2.27. The lowest BCUT2D eigenvalue weighted by Gasteiger charge is -2.28. The highest BCUT2D eigenvalue weighted by Gasteiger charge is 2.20. The molecule has 0 aliphatic heterocycles. The van der Waals surface area contributed by atoms with Gasteiger partial charge in [0, 0.05) is 6.04 Å². The van der Waals surface area contributed by atoms with Crippen LogP contribution in [0.1, 0.15) is 36.8 Å². The molecule has 0 unspecified atom stereocenters. The molecule has 1 N–H and O–H groups in total. The molecule has 0 amide bonds. The molecule has 0 spiro atoms. The molecule has 1 saturated carbocycles. The van der Waals surface area contributed by atoms with Crippen LogP contribution in [0.4, 0.5) is 0 Å². The van der Waals surface area contributed by atoms with E-state index in [1.807, 2.05) is 0 Å². The van der Waals surface area contributed by atoms with Gasteiger partial charge in [0.2, 0.25) is 0 Å². The SMILES string of the molecule is CNC1CCC(Cc2ccccc2C)CC1. The average Bonchev–Trinajstić information content (AvgIpc) is 2.33. The van der Waals surface area contributed by atoms with E-state index in [1.165, 1.54) is 37.7 Å². The summed E-state index contributed by atoms with van der Waals surface area (Å²) < 4.78 is 0. The van der Waals surface area contributed by atoms with Gasteiger partial charge in [0.25, 0.3) is 0 Å². The van der Waals surface area contributed by atoms with E-state index in [0.717, 1.165) is 12.0 Å². The zero-order chi connectivity index (χ0) is 11.4. The molecule has 16 heavy (non-hydrogen) atoms. The van der Waals surface area contributed by atoms with Crippen LogP contribution in [0.2, 0.25) is 0 Å². The Bertz CT molecular complexity index is 324. The van der Waals surface area contributed by atoms with Gasteiger partial charge >= 0.3 is 0 Å². The third-order valence-corrected chi connectivity index (χ3v) is 4.02. The Labute approximate surface area is 99.3 Å². The molecule has 0 aromatic heterocycles. The zero-order valence-corrected chi connectivity index (χ0v) is 10.5. The van der Waals surface area contributed by atoms with Crippen molar-refractivity contribution in [2.24, 2.45) is 5.92 Å². The largest absolute Gasteiger partial charge is 0.317 e. The number of hydrogen-bond donors (Lipinski definition) is 1. The molecule has 88 valence electrons. The van der Waals surface area contributed by atoms with Gasteiger partial charge in [-0.1, -0.05) is 24.3 Å². The van der Waals surface area contributed by atoms with E-state index in [2.05, 4.69) is 43.6 Å². The Kier molecular flexibility index (Phi) is 4.00. The third-order valence-electron chi connectivity index (χ3n) is 4.02. The van der Waals surface area contributed by atoms with E-state index in [9.17, 15) is 0 Å². The molecule has 0 heterocycles. The summed E-state index contributed by atoms with van der Waals surface area (Å²) in [4.78, 5) is 0. The van der Waals surface area contributed by atoms with Crippen LogP contribution in [-0.4, -0.2) is 13.1 Å². The normalized spacial score (nSPS) is 25.6. The van der Waals surface area contributed by atoms with E-state index >= 15 is 0 Å². The van der Waals surface area contributed by atoms with Gasteiger partial charge < -0.3 is 5.32 Å². The van der Waals surface area contributed by atoms with E-state index in [4.69, 9.17) is 0 Å². The van der Waals surface area contributed by atoms with E-state index < -0.39 is 0 Å². The van der Waals surface area contributed by atoms with Crippen molar-refractivity contribution < 1.29 is 0 Å². The maximum atomic E-state index is 3.40. The number of aryl methyl sites for hydroxylation is 1. The highest BCUT2D eigenvalue weighted by atomic mass is 14.9. The minimum Gasteiger partial charge on any atom is -0.317 e. The minimum absolute atomic E-state index is 0.771. The molecule has 1 fully saturated rings. The van der Waals surface area contributed by atoms with Crippen molar-refractivity contribution in [1.82, 2.24) is 5.32 Å². The molecule has 1 aromatic rings. The van der Waals surface area contributed by atoms with Crippen LogP contribution in [0.15, 0.2) is 24.3 Å². The number of nitrogens with one attached hydrogen (secondary N) is 1. The fraction of sp³-hybridized carbons (Fsp3) is 0.600. The van der Waals surface area contributed by atoms with Crippen LogP contribution in [0.25, 0.3) is 0 Å². The quantitative estimate of drug-likeness (QED) is 0.819. The first-order valence-corrected chi connectivity index (χ1v) is 6.51. The van der Waals surface area contributed by atoms with Crippen LogP contribution >= 0.6 is 0 Å². The number of hydrogen-bond acceptors (Lipinski definition) is 1. The van der Waals surface area contributed by atoms with Gasteiger partial charge in [-0.25, -0.2) is 0 Å². The van der Waals surface area contributed by atoms with Crippen molar-refractivity contribution >= 4 is 0 Å². The lowest BCUT2D eigenvalue weighted by atomic mass is 9.82. The van der Waals surface area contributed by atoms with Crippen LogP contribution in [0.5, 0.6) is 0 Å². The maximum absolute atomic E-state index is 3.40. The predicted molar refractivity (Wildman–Crippen MR) is 69.7 cm³/mol. The molecule has 1 aromatic carbocycles. The molecule has 1 aliphatic carbocycles. The van der Waals surface area contributed by atoms with Crippen LogP contribution < -0.4 is 5.32 Å². The average molecular weight is 217 g/mol. The summed E-state index contributed by atoms with van der Waals surface area (Å²) in [6.45, 7) is 2.23. The standard InChI is InChI=1S/C15H23N/c1-12-5-3-4-6-14(12)11-13-7-9-15(16-2)10-8-13/h3-6,13,15-16H,7-11H2,1-2H3. The second-order valence-corrected chi connectivity index (χ2v) is 5.14. The Balaban J connectivity index is 1.89. The van der Waals surface area contributed by atoms with Crippen LogP contribution in [0, 0.1) is 12.8 Å². The van der Waals surface area contributed by atoms with Gasteiger partial charge in [0.1, 0.15) is 0 Å². The van der Waals surface area contributed by atoms with Crippen LogP contribution in [0.3, 0.4) is 0 Å².